The molecule has 0 radical (unpaired) electrons. The molecule has 20 heavy (non-hydrogen) atoms. The van der Waals surface area contributed by atoms with Crippen LogP contribution in [0.4, 0.5) is 0 Å². The summed E-state index contributed by atoms with van der Waals surface area (Å²) in [5, 5.41) is 2.70. The molecule has 0 fully saturated rings. The molecule has 5 nitrogen and oxygen atoms in total. The minimum absolute atomic E-state index is 0.210. The first-order valence-electron chi connectivity index (χ1n) is 6.29. The molecule has 1 N–H and O–H groups in total. The molecule has 0 bridgehead atoms. The Morgan fingerprint density at radius 3 is 2.70 bits per heavy atom. The van der Waals surface area contributed by atoms with Crippen LogP contribution in [-0.4, -0.2) is 23.6 Å². The molecule has 0 aliphatic carbocycles. The molecule has 0 spiro atoms. The molecule has 0 unspecified atom stereocenters. The first-order valence-corrected chi connectivity index (χ1v) is 6.29. The number of carbonyl (C=O) groups is 1. The topological polar surface area (TPSA) is 60.3 Å². The third kappa shape index (κ3) is 3.71. The summed E-state index contributed by atoms with van der Waals surface area (Å²) in [7, 11) is 1.64. The third-order valence-corrected chi connectivity index (χ3v) is 2.77. The zero-order valence-electron chi connectivity index (χ0n) is 11.2. The smallest absolute Gasteiger partial charge is 0.251 e. The van der Waals surface area contributed by atoms with E-state index in [4.69, 9.17) is 4.74 Å². The lowest BCUT2D eigenvalue weighted by Gasteiger charge is -2.07. The standard InChI is InChI=1S/C15H16N2O3/c1-17-9-7-12(11-14(17)18)15(19)16-8-10-20-13-5-3-2-4-6-13/h2-7,9,11H,8,10H2,1H3,(H,16,19). The number of benzene rings is 1. The Bertz CT molecular complexity index is 635. The normalized spacial score (nSPS) is 10.1. The Morgan fingerprint density at radius 2 is 2.00 bits per heavy atom. The summed E-state index contributed by atoms with van der Waals surface area (Å²) in [6.45, 7) is 0.754. The van der Waals surface area contributed by atoms with Gasteiger partial charge in [-0.2, -0.15) is 0 Å². The molecule has 5 heteroatoms. The summed E-state index contributed by atoms with van der Waals surface area (Å²) >= 11 is 0. The van der Waals surface area contributed by atoms with E-state index in [1.807, 2.05) is 30.3 Å². The monoisotopic (exact) mass is 272 g/mol. The van der Waals surface area contributed by atoms with Crippen LogP contribution >= 0.6 is 0 Å². The first-order chi connectivity index (χ1) is 9.66. The van der Waals surface area contributed by atoms with Crippen LogP contribution in [0.3, 0.4) is 0 Å². The van der Waals surface area contributed by atoms with Gasteiger partial charge in [-0.1, -0.05) is 18.2 Å². The van der Waals surface area contributed by atoms with E-state index >= 15 is 0 Å². The fourth-order valence-corrected chi connectivity index (χ4v) is 1.64. The number of nitrogens with zero attached hydrogens (tertiary/aromatic N) is 1. The predicted octanol–water partition coefficient (Wildman–Crippen LogP) is 1.19. The number of aromatic nitrogens is 1. The summed E-state index contributed by atoms with van der Waals surface area (Å²) in [6, 6.07) is 12.3. The molecule has 1 amide bonds. The van der Waals surface area contributed by atoms with E-state index in [9.17, 15) is 9.59 Å². The van der Waals surface area contributed by atoms with Gasteiger partial charge in [0, 0.05) is 24.9 Å². The van der Waals surface area contributed by atoms with Crippen LogP contribution in [-0.2, 0) is 7.05 Å². The lowest BCUT2D eigenvalue weighted by atomic mass is 10.2. The number of carbonyl (C=O) groups excluding carboxylic acids is 1. The van der Waals surface area contributed by atoms with Crippen molar-refractivity contribution in [3.05, 3.63) is 64.6 Å². The SMILES string of the molecule is Cn1ccc(C(=O)NCCOc2ccccc2)cc1=O. The molecule has 1 heterocycles. The fourth-order valence-electron chi connectivity index (χ4n) is 1.64. The maximum Gasteiger partial charge on any atom is 0.251 e. The van der Waals surface area contributed by atoms with Crippen molar-refractivity contribution in [1.29, 1.82) is 0 Å². The highest BCUT2D eigenvalue weighted by Gasteiger charge is 2.05. The second-order valence-electron chi connectivity index (χ2n) is 4.28. The molecular formula is C15H16N2O3. The maximum absolute atomic E-state index is 11.8. The van der Waals surface area contributed by atoms with Crippen molar-refractivity contribution in [3.8, 4) is 5.75 Å². The molecule has 0 saturated heterocycles. The van der Waals surface area contributed by atoms with Crippen LogP contribution in [0.15, 0.2) is 53.5 Å². The Morgan fingerprint density at radius 1 is 1.25 bits per heavy atom. The van der Waals surface area contributed by atoms with Gasteiger partial charge in [-0.25, -0.2) is 0 Å². The van der Waals surface area contributed by atoms with Crippen molar-refractivity contribution in [1.82, 2.24) is 9.88 Å². The van der Waals surface area contributed by atoms with E-state index in [1.165, 1.54) is 10.6 Å². The Labute approximate surface area is 116 Å². The van der Waals surface area contributed by atoms with Gasteiger partial charge in [0.2, 0.25) is 0 Å². The van der Waals surface area contributed by atoms with Gasteiger partial charge in [-0.05, 0) is 18.2 Å². The fraction of sp³-hybridized carbons (Fsp3) is 0.200. The Balaban J connectivity index is 1.80. The van der Waals surface area contributed by atoms with Crippen molar-refractivity contribution in [2.24, 2.45) is 7.05 Å². The van der Waals surface area contributed by atoms with E-state index in [-0.39, 0.29) is 11.5 Å². The second-order valence-corrected chi connectivity index (χ2v) is 4.28. The molecule has 2 rings (SSSR count). The van der Waals surface area contributed by atoms with Crippen LogP contribution in [0, 0.1) is 0 Å². The molecule has 1 aromatic carbocycles. The highest BCUT2D eigenvalue weighted by molar-refractivity contribution is 5.93. The lowest BCUT2D eigenvalue weighted by molar-refractivity contribution is 0.0946. The van der Waals surface area contributed by atoms with E-state index < -0.39 is 0 Å². The third-order valence-electron chi connectivity index (χ3n) is 2.77. The molecule has 2 aromatic rings. The Hall–Kier alpha value is -2.56. The number of aryl methyl sites for hydroxylation is 1. The number of ether oxygens (including phenoxy) is 1. The van der Waals surface area contributed by atoms with Gasteiger partial charge >= 0.3 is 0 Å². The second kappa shape index (κ2) is 6.56. The van der Waals surface area contributed by atoms with Crippen molar-refractivity contribution in [2.45, 2.75) is 0 Å². The number of pyridine rings is 1. The van der Waals surface area contributed by atoms with Gasteiger partial charge in [0.25, 0.3) is 11.5 Å². The first kappa shape index (κ1) is 13.9. The number of para-hydroxylation sites is 1. The number of hydrogen-bond donors (Lipinski definition) is 1. The van der Waals surface area contributed by atoms with Gasteiger partial charge in [0.05, 0.1) is 6.54 Å². The predicted molar refractivity (Wildman–Crippen MR) is 76.0 cm³/mol. The minimum Gasteiger partial charge on any atom is -0.492 e. The number of amides is 1. The average Bonchev–Trinajstić information content (AvgIpc) is 2.47. The van der Waals surface area contributed by atoms with Crippen LogP contribution in [0.1, 0.15) is 10.4 Å². The summed E-state index contributed by atoms with van der Waals surface area (Å²) in [6.07, 6.45) is 1.57. The highest BCUT2D eigenvalue weighted by Crippen LogP contribution is 2.07. The maximum atomic E-state index is 11.8. The molecule has 1 aromatic heterocycles. The highest BCUT2D eigenvalue weighted by atomic mass is 16.5. The molecular weight excluding hydrogens is 256 g/mol. The van der Waals surface area contributed by atoms with Gasteiger partial charge in [0.15, 0.2) is 0 Å². The van der Waals surface area contributed by atoms with Crippen molar-refractivity contribution < 1.29 is 9.53 Å². The molecule has 0 atom stereocenters. The summed E-state index contributed by atoms with van der Waals surface area (Å²) in [5.41, 5.74) is 0.144. The van der Waals surface area contributed by atoms with Gasteiger partial charge < -0.3 is 14.6 Å². The van der Waals surface area contributed by atoms with Crippen molar-refractivity contribution in [2.75, 3.05) is 13.2 Å². The molecule has 0 aliphatic heterocycles. The Kier molecular flexibility index (Phi) is 4.55. The van der Waals surface area contributed by atoms with Crippen molar-refractivity contribution >= 4 is 5.91 Å². The van der Waals surface area contributed by atoms with E-state index in [2.05, 4.69) is 5.32 Å². The zero-order valence-corrected chi connectivity index (χ0v) is 11.2. The van der Waals surface area contributed by atoms with Crippen LogP contribution in [0.25, 0.3) is 0 Å². The molecule has 0 aliphatic rings. The van der Waals surface area contributed by atoms with Crippen LogP contribution < -0.4 is 15.6 Å². The zero-order chi connectivity index (χ0) is 14.4. The minimum atomic E-state index is -0.278. The van der Waals surface area contributed by atoms with Crippen LogP contribution in [0.2, 0.25) is 0 Å². The number of rotatable bonds is 5. The van der Waals surface area contributed by atoms with Gasteiger partial charge in [-0.15, -0.1) is 0 Å². The van der Waals surface area contributed by atoms with Crippen molar-refractivity contribution in [3.63, 3.8) is 0 Å². The number of nitrogens with one attached hydrogen (secondary N) is 1. The van der Waals surface area contributed by atoms with E-state index in [0.29, 0.717) is 18.7 Å². The van der Waals surface area contributed by atoms with E-state index in [0.717, 1.165) is 5.75 Å². The lowest BCUT2D eigenvalue weighted by Crippen LogP contribution is -2.29. The summed E-state index contributed by atoms with van der Waals surface area (Å²) in [4.78, 5) is 23.2. The average molecular weight is 272 g/mol. The number of hydrogen-bond acceptors (Lipinski definition) is 3. The largest absolute Gasteiger partial charge is 0.492 e. The molecule has 104 valence electrons. The summed E-state index contributed by atoms with van der Waals surface area (Å²) < 4.78 is 6.87. The van der Waals surface area contributed by atoms with Crippen LogP contribution in [0.5, 0.6) is 5.75 Å². The molecule has 0 saturated carbocycles. The van der Waals surface area contributed by atoms with Gasteiger partial charge in [-0.3, -0.25) is 9.59 Å². The quantitative estimate of drug-likeness (QED) is 0.832. The van der Waals surface area contributed by atoms with Gasteiger partial charge in [0.1, 0.15) is 12.4 Å². The summed E-state index contributed by atoms with van der Waals surface area (Å²) in [5.74, 6) is 0.481. The van der Waals surface area contributed by atoms with E-state index in [1.54, 1.807) is 19.3 Å².